The molecule has 0 saturated carbocycles. The zero-order valence-corrected chi connectivity index (χ0v) is 18.9. The van der Waals surface area contributed by atoms with Crippen LogP contribution in [0.15, 0.2) is 42.9 Å². The second-order valence-corrected chi connectivity index (χ2v) is 9.22. The van der Waals surface area contributed by atoms with Crippen molar-refractivity contribution in [2.24, 2.45) is 0 Å². The second-order valence-electron chi connectivity index (χ2n) is 9.22. The van der Waals surface area contributed by atoms with Crippen LogP contribution in [-0.4, -0.2) is 55.2 Å². The van der Waals surface area contributed by atoms with Gasteiger partial charge in [0.2, 0.25) is 5.95 Å². The van der Waals surface area contributed by atoms with Crippen LogP contribution in [0.2, 0.25) is 0 Å². The molecule has 3 aromatic rings. The molecule has 0 bridgehead atoms. The van der Waals surface area contributed by atoms with Crippen molar-refractivity contribution < 1.29 is 4.79 Å². The maximum atomic E-state index is 13.4. The van der Waals surface area contributed by atoms with Gasteiger partial charge in [-0.25, -0.2) is 15.0 Å². The van der Waals surface area contributed by atoms with Crippen molar-refractivity contribution in [1.82, 2.24) is 29.6 Å². The van der Waals surface area contributed by atoms with Crippen LogP contribution >= 0.6 is 0 Å². The molecule has 2 aliphatic heterocycles. The number of hydrogen-bond acceptors (Lipinski definition) is 6. The van der Waals surface area contributed by atoms with E-state index in [-0.39, 0.29) is 17.4 Å². The Morgan fingerprint density at radius 1 is 1.09 bits per heavy atom. The fraction of sp³-hybridized carbons (Fsp3) is 0.458. The first-order valence-electron chi connectivity index (χ1n) is 11.3. The molecule has 8 heteroatoms. The van der Waals surface area contributed by atoms with Crippen LogP contribution in [0.4, 0.5) is 5.95 Å². The van der Waals surface area contributed by atoms with Crippen molar-refractivity contribution >= 4 is 11.9 Å². The molecule has 0 aromatic carbocycles. The van der Waals surface area contributed by atoms with E-state index in [4.69, 9.17) is 5.10 Å². The summed E-state index contributed by atoms with van der Waals surface area (Å²) in [5, 5.41) is 5.02. The van der Waals surface area contributed by atoms with Crippen molar-refractivity contribution in [3.05, 3.63) is 65.5 Å². The molecule has 0 atom stereocenters. The van der Waals surface area contributed by atoms with Gasteiger partial charge in [-0.3, -0.25) is 9.48 Å². The molecular weight excluding hydrogens is 402 g/mol. The Hall–Kier alpha value is -3.29. The van der Waals surface area contributed by atoms with E-state index in [1.165, 1.54) is 0 Å². The summed E-state index contributed by atoms with van der Waals surface area (Å²) in [6.07, 6.45) is 7.49. The van der Waals surface area contributed by atoms with E-state index in [0.29, 0.717) is 18.8 Å². The topological polar surface area (TPSA) is 80.0 Å². The van der Waals surface area contributed by atoms with Gasteiger partial charge in [-0.1, -0.05) is 6.07 Å². The minimum atomic E-state index is -0.168. The summed E-state index contributed by atoms with van der Waals surface area (Å²) >= 11 is 0. The van der Waals surface area contributed by atoms with Gasteiger partial charge in [0.05, 0.1) is 5.69 Å². The number of aryl methyl sites for hydroxylation is 1. The first-order valence-corrected chi connectivity index (χ1v) is 11.3. The molecule has 32 heavy (non-hydrogen) atoms. The van der Waals surface area contributed by atoms with Crippen LogP contribution in [0.1, 0.15) is 60.2 Å². The zero-order chi connectivity index (χ0) is 22.3. The van der Waals surface area contributed by atoms with Crippen molar-refractivity contribution in [2.75, 3.05) is 24.5 Å². The first kappa shape index (κ1) is 20.6. The number of amides is 1. The summed E-state index contributed by atoms with van der Waals surface area (Å²) in [6.45, 7) is 9.10. The molecule has 1 saturated heterocycles. The van der Waals surface area contributed by atoms with Gasteiger partial charge in [-0.2, -0.15) is 5.10 Å². The van der Waals surface area contributed by atoms with Crippen molar-refractivity contribution in [3.63, 3.8) is 0 Å². The number of nitrogens with zero attached hydrogens (tertiary/aromatic N) is 7. The third-order valence-corrected chi connectivity index (χ3v) is 6.64. The fourth-order valence-corrected chi connectivity index (χ4v) is 4.91. The standard InChI is InChI=1S/C24H29N7O/c1-17(2)31-15-19-14-30(22(32)20-7-4-6-18(3)27-20)16-24(21(19)28-31)8-12-29(13-9-24)23-25-10-5-11-26-23/h4-7,10-11,15,17H,8-9,12-14,16H2,1-3H3. The molecule has 3 aromatic heterocycles. The van der Waals surface area contributed by atoms with E-state index in [0.717, 1.165) is 48.8 Å². The molecule has 1 fully saturated rings. The normalized spacial score (nSPS) is 17.6. The van der Waals surface area contributed by atoms with Gasteiger partial charge in [-0.05, 0) is 51.8 Å². The third-order valence-electron chi connectivity index (χ3n) is 6.64. The average Bonchev–Trinajstić information content (AvgIpc) is 3.25. The van der Waals surface area contributed by atoms with E-state index >= 15 is 0 Å². The summed E-state index contributed by atoms with van der Waals surface area (Å²) in [5.74, 6) is 0.757. The molecule has 8 nitrogen and oxygen atoms in total. The summed E-state index contributed by atoms with van der Waals surface area (Å²) in [5.41, 5.74) is 3.50. The number of carbonyl (C=O) groups excluding carboxylic acids is 1. The molecule has 0 aliphatic carbocycles. The van der Waals surface area contributed by atoms with Crippen LogP contribution in [0.25, 0.3) is 0 Å². The highest BCUT2D eigenvalue weighted by atomic mass is 16.2. The molecule has 1 amide bonds. The number of rotatable bonds is 3. The van der Waals surface area contributed by atoms with Crippen molar-refractivity contribution in [3.8, 4) is 0 Å². The predicted octanol–water partition coefficient (Wildman–Crippen LogP) is 3.15. The lowest BCUT2D eigenvalue weighted by Crippen LogP contribution is -2.53. The van der Waals surface area contributed by atoms with Crippen LogP contribution in [0.3, 0.4) is 0 Å². The fourth-order valence-electron chi connectivity index (χ4n) is 4.91. The smallest absolute Gasteiger partial charge is 0.272 e. The summed E-state index contributed by atoms with van der Waals surface area (Å²) < 4.78 is 2.04. The SMILES string of the molecule is Cc1cccc(C(=O)N2Cc3cn(C(C)C)nc3C3(CCN(c4ncccn4)CC3)C2)n1. The lowest BCUT2D eigenvalue weighted by atomic mass is 9.72. The van der Waals surface area contributed by atoms with E-state index < -0.39 is 0 Å². The third kappa shape index (κ3) is 3.63. The average molecular weight is 432 g/mol. The van der Waals surface area contributed by atoms with Crippen LogP contribution in [-0.2, 0) is 12.0 Å². The van der Waals surface area contributed by atoms with Crippen LogP contribution in [0.5, 0.6) is 0 Å². The van der Waals surface area contributed by atoms with E-state index in [1.807, 2.05) is 40.8 Å². The van der Waals surface area contributed by atoms with Gasteiger partial charge in [0.1, 0.15) is 5.69 Å². The Bertz CT molecular complexity index is 1120. The highest BCUT2D eigenvalue weighted by Gasteiger charge is 2.46. The predicted molar refractivity (Wildman–Crippen MR) is 121 cm³/mol. The monoisotopic (exact) mass is 431 g/mol. The largest absolute Gasteiger partial charge is 0.341 e. The van der Waals surface area contributed by atoms with Gasteiger partial charge in [-0.15, -0.1) is 0 Å². The number of carbonyl (C=O) groups is 1. The Kier molecular flexibility index (Phi) is 5.15. The lowest BCUT2D eigenvalue weighted by molar-refractivity contribution is 0.0637. The van der Waals surface area contributed by atoms with Crippen LogP contribution < -0.4 is 4.90 Å². The van der Waals surface area contributed by atoms with E-state index in [1.54, 1.807) is 12.4 Å². The molecule has 0 N–H and O–H groups in total. The minimum Gasteiger partial charge on any atom is -0.341 e. The molecule has 1 spiro atoms. The van der Waals surface area contributed by atoms with Crippen LogP contribution in [0, 0.1) is 6.92 Å². The lowest BCUT2D eigenvalue weighted by Gasteiger charge is -2.46. The van der Waals surface area contributed by atoms with Gasteiger partial charge >= 0.3 is 0 Å². The highest BCUT2D eigenvalue weighted by molar-refractivity contribution is 5.92. The molecule has 0 radical (unpaired) electrons. The molecule has 0 unspecified atom stereocenters. The zero-order valence-electron chi connectivity index (χ0n) is 18.9. The molecule has 166 valence electrons. The van der Waals surface area contributed by atoms with E-state index in [9.17, 15) is 4.79 Å². The second kappa shape index (κ2) is 8.00. The summed E-state index contributed by atoms with van der Waals surface area (Å²) in [6, 6.07) is 7.74. The van der Waals surface area contributed by atoms with E-state index in [2.05, 4.69) is 39.9 Å². The molecule has 5 rings (SSSR count). The highest BCUT2D eigenvalue weighted by Crippen LogP contribution is 2.42. The maximum absolute atomic E-state index is 13.4. The van der Waals surface area contributed by atoms with Gasteiger partial charge < -0.3 is 9.80 Å². The Labute approximate surface area is 188 Å². The summed E-state index contributed by atoms with van der Waals surface area (Å²) in [7, 11) is 0. The Balaban J connectivity index is 1.46. The number of pyridine rings is 1. The quantitative estimate of drug-likeness (QED) is 0.634. The Morgan fingerprint density at radius 2 is 1.84 bits per heavy atom. The molecule has 2 aliphatic rings. The Morgan fingerprint density at radius 3 is 2.53 bits per heavy atom. The maximum Gasteiger partial charge on any atom is 0.272 e. The molecule has 5 heterocycles. The minimum absolute atomic E-state index is 0.00940. The number of anilines is 1. The van der Waals surface area contributed by atoms with Gasteiger partial charge in [0, 0.05) is 67.5 Å². The number of piperidine rings is 1. The number of aromatic nitrogens is 5. The first-order chi connectivity index (χ1) is 15.4. The van der Waals surface area contributed by atoms with Crippen molar-refractivity contribution in [2.45, 2.75) is 51.6 Å². The van der Waals surface area contributed by atoms with Gasteiger partial charge in [0.15, 0.2) is 0 Å². The summed E-state index contributed by atoms with van der Waals surface area (Å²) in [4.78, 5) is 30.9. The van der Waals surface area contributed by atoms with Crippen molar-refractivity contribution in [1.29, 1.82) is 0 Å². The number of hydrogen-bond donors (Lipinski definition) is 0. The molecular formula is C24H29N7O. The number of fused-ring (bicyclic) bond motifs is 2. The van der Waals surface area contributed by atoms with Gasteiger partial charge in [0.25, 0.3) is 5.91 Å².